The third-order valence-electron chi connectivity index (χ3n) is 4.67. The van der Waals surface area contributed by atoms with Crippen LogP contribution in [0.25, 0.3) is 22.4 Å². The van der Waals surface area contributed by atoms with Crippen LogP contribution in [0.4, 0.5) is 0 Å². The van der Waals surface area contributed by atoms with Gasteiger partial charge >= 0.3 is 0 Å². The smallest absolute Gasteiger partial charge is 0.249 e. The fourth-order valence-corrected chi connectivity index (χ4v) is 3.22. The summed E-state index contributed by atoms with van der Waals surface area (Å²) in [6.45, 7) is 5.83. The summed E-state index contributed by atoms with van der Waals surface area (Å²) in [5.74, 6) is 0.0166. The summed E-state index contributed by atoms with van der Waals surface area (Å²) in [5, 5.41) is 4.81. The molecule has 134 valence electrons. The number of carbonyl (C=O) groups excluding carboxylic acids is 1. The summed E-state index contributed by atoms with van der Waals surface area (Å²) >= 11 is 0. The number of nitrogens with zero attached hydrogens (tertiary/aromatic N) is 3. The molecular formula is C22H25N3O. The zero-order valence-corrected chi connectivity index (χ0v) is 16.0. The maximum absolute atomic E-state index is 12.6. The van der Waals surface area contributed by atoms with Crippen molar-refractivity contribution in [3.63, 3.8) is 0 Å². The topological polar surface area (TPSA) is 38.1 Å². The van der Waals surface area contributed by atoms with Crippen molar-refractivity contribution in [1.29, 1.82) is 0 Å². The number of carbonyl (C=O) groups is 1. The third-order valence-corrected chi connectivity index (χ3v) is 4.67. The largest absolute Gasteiger partial charge is 0.347 e. The summed E-state index contributed by atoms with van der Waals surface area (Å²) in [6, 6.07) is 18.6. The Morgan fingerprint density at radius 1 is 0.962 bits per heavy atom. The molecule has 3 rings (SSSR count). The van der Waals surface area contributed by atoms with Gasteiger partial charge in [0.2, 0.25) is 5.91 Å². The van der Waals surface area contributed by atoms with Crippen LogP contribution in [-0.2, 0) is 10.3 Å². The Bertz CT molecular complexity index is 924. The fraction of sp³-hybridized carbons (Fsp3) is 0.273. The normalized spacial score (nSPS) is 11.4. The average Bonchev–Trinajstić information content (AvgIpc) is 3.04. The first-order valence-corrected chi connectivity index (χ1v) is 8.75. The van der Waals surface area contributed by atoms with E-state index in [2.05, 4.69) is 24.3 Å². The van der Waals surface area contributed by atoms with Crippen LogP contribution in [0.15, 0.2) is 60.8 Å². The average molecular weight is 347 g/mol. The lowest BCUT2D eigenvalue weighted by atomic mass is 9.96. The van der Waals surface area contributed by atoms with Crippen LogP contribution in [0.2, 0.25) is 0 Å². The number of aryl methyl sites for hydroxylation is 1. The minimum Gasteiger partial charge on any atom is -0.347 e. The summed E-state index contributed by atoms with van der Waals surface area (Å²) in [5.41, 5.74) is 4.58. The maximum Gasteiger partial charge on any atom is 0.249 e. The van der Waals surface area contributed by atoms with Crippen LogP contribution in [0.5, 0.6) is 0 Å². The van der Waals surface area contributed by atoms with Gasteiger partial charge in [-0.2, -0.15) is 5.10 Å². The van der Waals surface area contributed by atoms with Gasteiger partial charge in [-0.1, -0.05) is 54.6 Å². The Labute approximate surface area is 155 Å². The SMILES string of the molecule is Cc1cn(C(C)(C)C(=O)N(C)C)nc1-c1ccccc1-c1ccccc1. The fourth-order valence-electron chi connectivity index (χ4n) is 3.22. The summed E-state index contributed by atoms with van der Waals surface area (Å²) < 4.78 is 1.78. The lowest BCUT2D eigenvalue weighted by molar-refractivity contribution is -0.137. The molecule has 0 saturated carbocycles. The van der Waals surface area contributed by atoms with Gasteiger partial charge in [-0.3, -0.25) is 9.48 Å². The van der Waals surface area contributed by atoms with Gasteiger partial charge in [0.25, 0.3) is 0 Å². The van der Waals surface area contributed by atoms with E-state index in [1.165, 1.54) is 0 Å². The molecule has 0 radical (unpaired) electrons. The van der Waals surface area contributed by atoms with Crippen molar-refractivity contribution in [1.82, 2.24) is 14.7 Å². The van der Waals surface area contributed by atoms with Gasteiger partial charge in [0, 0.05) is 25.9 Å². The summed E-state index contributed by atoms with van der Waals surface area (Å²) in [7, 11) is 3.54. The number of likely N-dealkylation sites (N-methyl/N-ethyl adjacent to an activating group) is 1. The van der Waals surface area contributed by atoms with E-state index in [1.54, 1.807) is 23.7 Å². The van der Waals surface area contributed by atoms with E-state index in [9.17, 15) is 4.79 Å². The van der Waals surface area contributed by atoms with E-state index in [0.717, 1.165) is 27.9 Å². The zero-order chi connectivity index (χ0) is 18.9. The lowest BCUT2D eigenvalue weighted by Gasteiger charge is -2.27. The minimum atomic E-state index is -0.742. The second-order valence-electron chi connectivity index (χ2n) is 7.28. The number of hydrogen-bond acceptors (Lipinski definition) is 2. The molecule has 0 unspecified atom stereocenters. The zero-order valence-electron chi connectivity index (χ0n) is 16.0. The second-order valence-corrected chi connectivity index (χ2v) is 7.28. The highest BCUT2D eigenvalue weighted by molar-refractivity contribution is 5.85. The Morgan fingerprint density at radius 2 is 1.54 bits per heavy atom. The molecule has 0 aliphatic rings. The molecule has 0 atom stereocenters. The van der Waals surface area contributed by atoms with Crippen molar-refractivity contribution in [3.8, 4) is 22.4 Å². The van der Waals surface area contributed by atoms with E-state index in [1.807, 2.05) is 57.3 Å². The molecule has 0 aliphatic carbocycles. The highest BCUT2D eigenvalue weighted by atomic mass is 16.2. The van der Waals surface area contributed by atoms with Gasteiger partial charge in [0.15, 0.2) is 0 Å². The quantitative estimate of drug-likeness (QED) is 0.704. The van der Waals surface area contributed by atoms with E-state index in [-0.39, 0.29) is 5.91 Å². The van der Waals surface area contributed by atoms with Crippen LogP contribution in [-0.4, -0.2) is 34.7 Å². The number of benzene rings is 2. The van der Waals surface area contributed by atoms with Crippen molar-refractivity contribution in [2.24, 2.45) is 0 Å². The predicted octanol–water partition coefficient (Wildman–Crippen LogP) is 4.35. The van der Waals surface area contributed by atoms with Gasteiger partial charge in [-0.25, -0.2) is 0 Å². The third kappa shape index (κ3) is 3.15. The highest BCUT2D eigenvalue weighted by Gasteiger charge is 2.33. The Morgan fingerprint density at radius 3 is 2.15 bits per heavy atom. The summed E-state index contributed by atoms with van der Waals surface area (Å²) in [6.07, 6.45) is 1.96. The molecular weight excluding hydrogens is 322 g/mol. The molecule has 0 spiro atoms. The van der Waals surface area contributed by atoms with Crippen molar-refractivity contribution in [2.75, 3.05) is 14.1 Å². The molecule has 1 aromatic heterocycles. The first-order valence-electron chi connectivity index (χ1n) is 8.75. The molecule has 0 aliphatic heterocycles. The first kappa shape index (κ1) is 17.9. The van der Waals surface area contributed by atoms with Gasteiger partial charge in [-0.15, -0.1) is 0 Å². The Kier molecular flexibility index (Phi) is 4.68. The number of amides is 1. The molecule has 1 heterocycles. The van der Waals surface area contributed by atoms with Crippen LogP contribution in [0.3, 0.4) is 0 Å². The molecule has 0 fully saturated rings. The lowest BCUT2D eigenvalue weighted by Crippen LogP contribution is -2.44. The molecule has 2 aromatic carbocycles. The van der Waals surface area contributed by atoms with Gasteiger partial charge in [0.1, 0.15) is 5.54 Å². The van der Waals surface area contributed by atoms with E-state index in [0.29, 0.717) is 0 Å². The second kappa shape index (κ2) is 6.79. The molecule has 4 nitrogen and oxygen atoms in total. The standard InChI is InChI=1S/C22H25N3O/c1-16-15-25(22(2,3)21(26)24(4)5)23-20(16)19-14-10-9-13-18(19)17-11-7-6-8-12-17/h6-15H,1-5H3. The molecule has 1 amide bonds. The Hall–Kier alpha value is -2.88. The number of hydrogen-bond donors (Lipinski definition) is 0. The van der Waals surface area contributed by atoms with Crippen molar-refractivity contribution in [3.05, 3.63) is 66.4 Å². The minimum absolute atomic E-state index is 0.0166. The number of aromatic nitrogens is 2. The van der Waals surface area contributed by atoms with Crippen LogP contribution < -0.4 is 0 Å². The molecule has 0 N–H and O–H groups in total. The molecule has 0 bridgehead atoms. The molecule has 3 aromatic rings. The monoisotopic (exact) mass is 347 g/mol. The summed E-state index contributed by atoms with van der Waals surface area (Å²) in [4.78, 5) is 14.2. The van der Waals surface area contributed by atoms with Crippen LogP contribution in [0.1, 0.15) is 19.4 Å². The Balaban J connectivity index is 2.11. The van der Waals surface area contributed by atoms with Crippen molar-refractivity contribution >= 4 is 5.91 Å². The van der Waals surface area contributed by atoms with E-state index in [4.69, 9.17) is 5.10 Å². The van der Waals surface area contributed by atoms with Gasteiger partial charge in [-0.05, 0) is 37.5 Å². The van der Waals surface area contributed by atoms with Gasteiger partial charge in [0.05, 0.1) is 5.69 Å². The molecule has 4 heteroatoms. The van der Waals surface area contributed by atoms with E-state index >= 15 is 0 Å². The molecule has 26 heavy (non-hydrogen) atoms. The number of rotatable bonds is 4. The van der Waals surface area contributed by atoms with Crippen molar-refractivity contribution < 1.29 is 4.79 Å². The van der Waals surface area contributed by atoms with Crippen LogP contribution in [0, 0.1) is 6.92 Å². The van der Waals surface area contributed by atoms with Gasteiger partial charge < -0.3 is 4.90 Å². The van der Waals surface area contributed by atoms with E-state index < -0.39 is 5.54 Å². The maximum atomic E-state index is 12.6. The molecule has 0 saturated heterocycles. The highest BCUT2D eigenvalue weighted by Crippen LogP contribution is 2.33. The van der Waals surface area contributed by atoms with Crippen molar-refractivity contribution in [2.45, 2.75) is 26.3 Å². The first-order chi connectivity index (χ1) is 12.3. The predicted molar refractivity (Wildman–Crippen MR) is 106 cm³/mol. The van der Waals surface area contributed by atoms with Crippen LogP contribution >= 0.6 is 0 Å².